The van der Waals surface area contributed by atoms with Crippen LogP contribution < -0.4 is 5.32 Å². The zero-order chi connectivity index (χ0) is 25.6. The van der Waals surface area contributed by atoms with Gasteiger partial charge in [-0.3, -0.25) is 4.79 Å². The molecule has 0 spiro atoms. The Kier molecular flexibility index (Phi) is 5.94. The van der Waals surface area contributed by atoms with E-state index in [4.69, 9.17) is 0 Å². The van der Waals surface area contributed by atoms with E-state index < -0.39 is 29.4 Å². The summed E-state index contributed by atoms with van der Waals surface area (Å²) >= 11 is 0. The van der Waals surface area contributed by atoms with Gasteiger partial charge >= 0.3 is 0 Å². The number of carbonyl (C=O) groups is 1. The molecule has 1 amide bonds. The van der Waals surface area contributed by atoms with E-state index in [9.17, 15) is 23.1 Å². The molecular formula is C23H23F3N8O2. The summed E-state index contributed by atoms with van der Waals surface area (Å²) in [6.45, 7) is 3.84. The molecule has 5 rings (SSSR count). The van der Waals surface area contributed by atoms with Crippen LogP contribution in [0.1, 0.15) is 55.8 Å². The molecule has 1 aromatic carbocycles. The van der Waals surface area contributed by atoms with E-state index in [2.05, 4.69) is 30.8 Å². The lowest BCUT2D eigenvalue weighted by Gasteiger charge is -2.38. The molecule has 1 atom stereocenters. The Balaban J connectivity index is 1.57. The number of tetrazole rings is 1. The molecule has 0 radical (unpaired) electrons. The van der Waals surface area contributed by atoms with Gasteiger partial charge in [0, 0.05) is 31.1 Å². The maximum Gasteiger partial charge on any atom is 0.266 e. The first-order valence-electron chi connectivity index (χ1n) is 11.4. The number of carbonyl (C=O) groups excluding carboxylic acids is 1. The molecule has 0 bridgehead atoms. The van der Waals surface area contributed by atoms with Crippen LogP contribution in [0.25, 0.3) is 16.7 Å². The number of anilines is 1. The molecule has 4 heterocycles. The molecule has 3 aromatic heterocycles. The zero-order valence-corrected chi connectivity index (χ0v) is 19.5. The van der Waals surface area contributed by atoms with Crippen molar-refractivity contribution in [3.63, 3.8) is 0 Å². The number of aliphatic hydroxyl groups is 1. The Morgan fingerprint density at radius 1 is 1.17 bits per heavy atom. The van der Waals surface area contributed by atoms with Gasteiger partial charge in [0.1, 0.15) is 18.0 Å². The number of pyridine rings is 1. The number of amides is 1. The van der Waals surface area contributed by atoms with Crippen LogP contribution in [0.5, 0.6) is 0 Å². The minimum atomic E-state index is -2.94. The predicted molar refractivity (Wildman–Crippen MR) is 123 cm³/mol. The van der Waals surface area contributed by atoms with E-state index in [0.29, 0.717) is 35.3 Å². The lowest BCUT2D eigenvalue weighted by Crippen LogP contribution is -2.44. The van der Waals surface area contributed by atoms with Crippen molar-refractivity contribution >= 4 is 28.4 Å². The summed E-state index contributed by atoms with van der Waals surface area (Å²) in [7, 11) is 0. The average Bonchev–Trinajstić information content (AvgIpc) is 3.34. The van der Waals surface area contributed by atoms with Gasteiger partial charge in [0.25, 0.3) is 6.43 Å². The van der Waals surface area contributed by atoms with Gasteiger partial charge in [0.15, 0.2) is 11.3 Å². The maximum absolute atomic E-state index is 14.8. The molecule has 0 saturated carbocycles. The summed E-state index contributed by atoms with van der Waals surface area (Å²) in [5.74, 6) is -0.763. The third-order valence-electron chi connectivity index (χ3n) is 6.71. The Morgan fingerprint density at radius 2 is 1.89 bits per heavy atom. The van der Waals surface area contributed by atoms with E-state index >= 15 is 0 Å². The average molecular weight is 500 g/mol. The maximum atomic E-state index is 14.8. The first-order valence-corrected chi connectivity index (χ1v) is 11.4. The monoisotopic (exact) mass is 500 g/mol. The summed E-state index contributed by atoms with van der Waals surface area (Å²) in [5.41, 5.74) is -0.833. The number of benzene rings is 1. The van der Waals surface area contributed by atoms with Crippen LogP contribution in [-0.2, 0) is 10.4 Å². The molecule has 2 N–H and O–H groups in total. The molecule has 36 heavy (non-hydrogen) atoms. The number of hydrogen-bond donors (Lipinski definition) is 2. The Bertz CT molecular complexity index is 1450. The number of hydrogen-bond acceptors (Lipinski definition) is 8. The molecule has 4 aromatic rings. The highest BCUT2D eigenvalue weighted by Crippen LogP contribution is 2.38. The first-order chi connectivity index (χ1) is 17.2. The fraction of sp³-hybridized carbons (Fsp3) is 0.391. The topological polar surface area (TPSA) is 121 Å². The van der Waals surface area contributed by atoms with E-state index in [1.807, 2.05) is 0 Å². The number of piperidine rings is 1. The molecule has 0 unspecified atom stereocenters. The third kappa shape index (κ3) is 3.98. The fourth-order valence-electron chi connectivity index (χ4n) is 4.67. The van der Waals surface area contributed by atoms with Crippen molar-refractivity contribution in [3.8, 4) is 0 Å². The van der Waals surface area contributed by atoms with Crippen molar-refractivity contribution in [1.82, 2.24) is 34.9 Å². The van der Waals surface area contributed by atoms with Gasteiger partial charge in [0.2, 0.25) is 5.91 Å². The molecule has 13 heteroatoms. The van der Waals surface area contributed by atoms with Crippen LogP contribution in [-0.4, -0.2) is 59.0 Å². The van der Waals surface area contributed by atoms with Crippen molar-refractivity contribution in [1.29, 1.82) is 0 Å². The number of nitrogens with one attached hydrogen (secondary N) is 1. The Hall–Kier alpha value is -3.87. The second kappa shape index (κ2) is 8.97. The number of aromatic nitrogens is 6. The quantitative estimate of drug-likeness (QED) is 0.429. The van der Waals surface area contributed by atoms with Crippen molar-refractivity contribution in [2.45, 2.75) is 44.8 Å². The Morgan fingerprint density at radius 3 is 2.58 bits per heavy atom. The second-order valence-electron chi connectivity index (χ2n) is 8.89. The van der Waals surface area contributed by atoms with E-state index in [1.54, 1.807) is 17.9 Å². The number of fused-ring (bicyclic) bond motifs is 3. The lowest BCUT2D eigenvalue weighted by molar-refractivity contribution is -0.133. The van der Waals surface area contributed by atoms with Crippen LogP contribution in [0.2, 0.25) is 0 Å². The van der Waals surface area contributed by atoms with Crippen molar-refractivity contribution in [2.24, 2.45) is 0 Å². The van der Waals surface area contributed by atoms with Gasteiger partial charge in [-0.1, -0.05) is 18.2 Å². The van der Waals surface area contributed by atoms with Crippen LogP contribution in [0.3, 0.4) is 0 Å². The molecular weight excluding hydrogens is 477 g/mol. The van der Waals surface area contributed by atoms with Gasteiger partial charge in [-0.15, -0.1) is 5.10 Å². The molecule has 1 aliphatic heterocycles. The van der Waals surface area contributed by atoms with Crippen LogP contribution >= 0.6 is 0 Å². The fourth-order valence-corrected chi connectivity index (χ4v) is 4.67. The van der Waals surface area contributed by atoms with Crippen molar-refractivity contribution < 1.29 is 23.1 Å². The standard InChI is InChI=1S/C23H23F3N8O2/c1-12(14-4-3-5-15(18(14)24)19(25)26)29-20-16-10-17(23(36)6-8-33(9-7-23)13(2)35)22-30-31-32-34(22)21(16)28-11-27-20/h3-5,10-12,19,36H,6-9H2,1-2H3,(H,27,28,29)/t12-/m1/s1. The van der Waals surface area contributed by atoms with Crippen molar-refractivity contribution in [3.05, 3.63) is 53.1 Å². The van der Waals surface area contributed by atoms with E-state index in [0.717, 1.165) is 6.07 Å². The van der Waals surface area contributed by atoms with Crippen LogP contribution in [0, 0.1) is 5.82 Å². The first kappa shape index (κ1) is 23.9. The van der Waals surface area contributed by atoms with Crippen LogP contribution in [0.15, 0.2) is 30.6 Å². The third-order valence-corrected chi connectivity index (χ3v) is 6.71. The highest BCUT2D eigenvalue weighted by Gasteiger charge is 2.38. The number of alkyl halides is 2. The molecule has 1 saturated heterocycles. The molecule has 10 nitrogen and oxygen atoms in total. The number of likely N-dealkylation sites (tertiary alicyclic amines) is 1. The molecule has 0 aliphatic carbocycles. The highest BCUT2D eigenvalue weighted by molar-refractivity contribution is 5.89. The normalized spacial score (nSPS) is 16.6. The molecule has 1 fully saturated rings. The minimum absolute atomic E-state index is 0.0542. The number of rotatable bonds is 5. The number of nitrogens with zero attached hydrogens (tertiary/aromatic N) is 7. The predicted octanol–water partition coefficient (Wildman–Crippen LogP) is 3.15. The lowest BCUT2D eigenvalue weighted by atomic mass is 9.84. The Labute approximate surface area is 203 Å². The summed E-state index contributed by atoms with van der Waals surface area (Å²) in [5, 5.41) is 26.9. The largest absolute Gasteiger partial charge is 0.385 e. The molecule has 1 aliphatic rings. The van der Waals surface area contributed by atoms with Crippen molar-refractivity contribution in [2.75, 3.05) is 18.4 Å². The summed E-state index contributed by atoms with van der Waals surface area (Å²) in [6, 6.07) is 4.82. The summed E-state index contributed by atoms with van der Waals surface area (Å²) in [6.07, 6.45) is -1.11. The summed E-state index contributed by atoms with van der Waals surface area (Å²) in [4.78, 5) is 22.0. The van der Waals surface area contributed by atoms with Gasteiger partial charge in [-0.25, -0.2) is 23.1 Å². The second-order valence-corrected chi connectivity index (χ2v) is 8.89. The van der Waals surface area contributed by atoms with Gasteiger partial charge in [-0.2, -0.15) is 4.52 Å². The van der Waals surface area contributed by atoms with Crippen LogP contribution in [0.4, 0.5) is 19.0 Å². The smallest absolute Gasteiger partial charge is 0.266 e. The number of halogens is 3. The SMILES string of the molecule is CC(=O)N1CCC(O)(c2cc3c(N[C@H](C)c4cccc(C(F)F)c4F)ncnc3n3nnnc23)CC1. The summed E-state index contributed by atoms with van der Waals surface area (Å²) < 4.78 is 42.5. The van der Waals surface area contributed by atoms with E-state index in [1.165, 1.54) is 29.9 Å². The van der Waals surface area contributed by atoms with Gasteiger partial charge in [0.05, 0.1) is 22.6 Å². The van der Waals surface area contributed by atoms with Gasteiger partial charge in [-0.05, 0) is 36.3 Å². The molecule has 188 valence electrons. The highest BCUT2D eigenvalue weighted by atomic mass is 19.3. The van der Waals surface area contributed by atoms with E-state index in [-0.39, 0.29) is 30.1 Å². The minimum Gasteiger partial charge on any atom is -0.385 e. The zero-order valence-electron chi connectivity index (χ0n) is 19.5. The van der Waals surface area contributed by atoms with Gasteiger partial charge < -0.3 is 15.3 Å².